The van der Waals surface area contributed by atoms with Gasteiger partial charge in [0.1, 0.15) is 5.75 Å². The molecule has 0 saturated heterocycles. The molecule has 0 bridgehead atoms. The highest BCUT2D eigenvalue weighted by molar-refractivity contribution is 7.13. The van der Waals surface area contributed by atoms with E-state index in [4.69, 9.17) is 14.1 Å². The minimum atomic E-state index is -0.350. The smallest absolute Gasteiger partial charge is 0.322 e. The molecular formula is C23H16N4O3S. The Labute approximate surface area is 181 Å². The van der Waals surface area contributed by atoms with Gasteiger partial charge in [-0.2, -0.15) is 0 Å². The average molecular weight is 428 g/mol. The van der Waals surface area contributed by atoms with Crippen molar-refractivity contribution in [3.05, 3.63) is 77.7 Å². The standard InChI is InChI=1S/C23H16N4O3S/c1-29-15-7-4-6-14(12-15)22-26-27-23(30-22)25-21(28)17-13-19(20-10-5-11-31-20)24-18-9-3-2-8-16(17)18/h2-13H,1H3,(H,25,27,28). The maximum absolute atomic E-state index is 13.1. The summed E-state index contributed by atoms with van der Waals surface area (Å²) in [4.78, 5) is 18.8. The summed E-state index contributed by atoms with van der Waals surface area (Å²) in [6, 6.07) is 20.5. The minimum Gasteiger partial charge on any atom is -0.497 e. The predicted molar refractivity (Wildman–Crippen MR) is 119 cm³/mol. The van der Waals surface area contributed by atoms with Crippen LogP contribution in [0, 0.1) is 0 Å². The summed E-state index contributed by atoms with van der Waals surface area (Å²) in [5.41, 5.74) is 2.65. The van der Waals surface area contributed by atoms with Gasteiger partial charge in [-0.3, -0.25) is 10.1 Å². The van der Waals surface area contributed by atoms with Crippen molar-refractivity contribution in [3.8, 4) is 27.8 Å². The first kappa shape index (κ1) is 19.0. The van der Waals surface area contributed by atoms with Gasteiger partial charge in [-0.15, -0.1) is 16.4 Å². The van der Waals surface area contributed by atoms with Crippen molar-refractivity contribution in [2.75, 3.05) is 12.4 Å². The summed E-state index contributed by atoms with van der Waals surface area (Å²) in [5, 5.41) is 13.4. The molecular weight excluding hydrogens is 412 g/mol. The number of para-hydroxylation sites is 1. The molecule has 0 spiro atoms. The first-order valence-corrected chi connectivity index (χ1v) is 10.3. The normalized spacial score (nSPS) is 10.9. The number of aromatic nitrogens is 3. The van der Waals surface area contributed by atoms with Gasteiger partial charge in [0.2, 0.25) is 5.89 Å². The number of amides is 1. The number of fused-ring (bicyclic) bond motifs is 1. The SMILES string of the molecule is COc1cccc(-c2nnc(NC(=O)c3cc(-c4cccs4)nc4ccccc34)o2)c1. The Morgan fingerprint density at radius 3 is 2.77 bits per heavy atom. The predicted octanol–water partition coefficient (Wildman–Crippen LogP) is 5.27. The number of nitrogens with one attached hydrogen (secondary N) is 1. The lowest BCUT2D eigenvalue weighted by Gasteiger charge is -2.08. The number of methoxy groups -OCH3 is 1. The number of thiophene rings is 1. The zero-order valence-corrected chi connectivity index (χ0v) is 17.2. The van der Waals surface area contributed by atoms with E-state index < -0.39 is 0 Å². The largest absolute Gasteiger partial charge is 0.497 e. The number of anilines is 1. The van der Waals surface area contributed by atoms with Crippen LogP contribution in [0.2, 0.25) is 0 Å². The van der Waals surface area contributed by atoms with Crippen LogP contribution < -0.4 is 10.1 Å². The van der Waals surface area contributed by atoms with Crippen LogP contribution in [0.5, 0.6) is 5.75 Å². The summed E-state index contributed by atoms with van der Waals surface area (Å²) in [6.45, 7) is 0. The number of benzene rings is 2. The number of pyridine rings is 1. The van der Waals surface area contributed by atoms with Gasteiger partial charge in [-0.05, 0) is 41.8 Å². The van der Waals surface area contributed by atoms with Crippen molar-refractivity contribution in [1.29, 1.82) is 0 Å². The third-order valence-corrected chi connectivity index (χ3v) is 5.59. The number of ether oxygens (including phenoxy) is 1. The number of rotatable bonds is 5. The van der Waals surface area contributed by atoms with Crippen LogP contribution in [0.25, 0.3) is 32.9 Å². The molecule has 1 amide bonds. The molecule has 0 saturated carbocycles. The molecule has 2 aromatic carbocycles. The third kappa shape index (κ3) is 3.76. The summed E-state index contributed by atoms with van der Waals surface area (Å²) in [7, 11) is 1.59. The number of carbonyl (C=O) groups excluding carboxylic acids is 1. The topological polar surface area (TPSA) is 90.1 Å². The van der Waals surface area contributed by atoms with Gasteiger partial charge in [0.05, 0.1) is 28.8 Å². The van der Waals surface area contributed by atoms with Gasteiger partial charge in [0.25, 0.3) is 5.91 Å². The molecule has 5 rings (SSSR count). The highest BCUT2D eigenvalue weighted by atomic mass is 32.1. The second-order valence-corrected chi connectivity index (χ2v) is 7.60. The molecule has 3 heterocycles. The van der Waals surface area contributed by atoms with E-state index in [-0.39, 0.29) is 17.8 Å². The van der Waals surface area contributed by atoms with Crippen LogP contribution in [0.15, 0.2) is 76.5 Å². The van der Waals surface area contributed by atoms with Crippen LogP contribution in [0.1, 0.15) is 10.4 Å². The molecule has 0 aliphatic rings. The van der Waals surface area contributed by atoms with Gasteiger partial charge in [0.15, 0.2) is 0 Å². The van der Waals surface area contributed by atoms with Crippen molar-refractivity contribution >= 4 is 34.2 Å². The fourth-order valence-corrected chi connectivity index (χ4v) is 3.91. The Hall–Kier alpha value is -4.04. The van der Waals surface area contributed by atoms with Gasteiger partial charge in [-0.1, -0.05) is 35.4 Å². The number of hydrogen-bond acceptors (Lipinski definition) is 7. The van der Waals surface area contributed by atoms with Crippen molar-refractivity contribution in [2.45, 2.75) is 0 Å². The quantitative estimate of drug-likeness (QED) is 0.410. The van der Waals surface area contributed by atoms with Gasteiger partial charge < -0.3 is 9.15 Å². The zero-order valence-electron chi connectivity index (χ0n) is 16.4. The molecule has 1 N–H and O–H groups in total. The monoisotopic (exact) mass is 428 g/mol. The Kier molecular flexibility index (Phi) is 4.89. The highest BCUT2D eigenvalue weighted by Gasteiger charge is 2.17. The summed E-state index contributed by atoms with van der Waals surface area (Å²) >= 11 is 1.57. The van der Waals surface area contributed by atoms with E-state index in [1.54, 1.807) is 30.6 Å². The molecule has 0 aliphatic heterocycles. The van der Waals surface area contributed by atoms with E-state index in [2.05, 4.69) is 15.5 Å². The van der Waals surface area contributed by atoms with Crippen LogP contribution in [0.3, 0.4) is 0 Å². The summed E-state index contributed by atoms with van der Waals surface area (Å²) in [6.07, 6.45) is 0. The Morgan fingerprint density at radius 1 is 1.03 bits per heavy atom. The lowest BCUT2D eigenvalue weighted by atomic mass is 10.1. The van der Waals surface area contributed by atoms with Gasteiger partial charge in [-0.25, -0.2) is 4.98 Å². The molecule has 0 atom stereocenters. The Balaban J connectivity index is 1.48. The lowest BCUT2D eigenvalue weighted by Crippen LogP contribution is -2.13. The van der Waals surface area contributed by atoms with E-state index in [9.17, 15) is 4.79 Å². The number of carbonyl (C=O) groups is 1. The van der Waals surface area contributed by atoms with Crippen LogP contribution in [0.4, 0.5) is 6.01 Å². The molecule has 0 aliphatic carbocycles. The fraction of sp³-hybridized carbons (Fsp3) is 0.0435. The summed E-state index contributed by atoms with van der Waals surface area (Å²) in [5.74, 6) is 0.607. The maximum Gasteiger partial charge on any atom is 0.322 e. The second-order valence-electron chi connectivity index (χ2n) is 6.65. The number of nitrogens with zero attached hydrogens (tertiary/aromatic N) is 3. The molecule has 31 heavy (non-hydrogen) atoms. The highest BCUT2D eigenvalue weighted by Crippen LogP contribution is 2.29. The van der Waals surface area contributed by atoms with E-state index in [0.29, 0.717) is 16.9 Å². The molecule has 152 valence electrons. The van der Waals surface area contributed by atoms with Crippen LogP contribution in [-0.2, 0) is 0 Å². The van der Waals surface area contributed by atoms with E-state index >= 15 is 0 Å². The van der Waals surface area contributed by atoms with E-state index in [1.165, 1.54) is 0 Å². The van der Waals surface area contributed by atoms with Crippen molar-refractivity contribution < 1.29 is 13.9 Å². The van der Waals surface area contributed by atoms with Crippen LogP contribution >= 0.6 is 11.3 Å². The molecule has 7 nitrogen and oxygen atoms in total. The van der Waals surface area contributed by atoms with Gasteiger partial charge >= 0.3 is 6.01 Å². The summed E-state index contributed by atoms with van der Waals surface area (Å²) < 4.78 is 10.9. The molecule has 0 unspecified atom stereocenters. The third-order valence-electron chi connectivity index (χ3n) is 4.70. The first-order valence-electron chi connectivity index (χ1n) is 9.44. The van der Waals surface area contributed by atoms with Crippen molar-refractivity contribution in [1.82, 2.24) is 15.2 Å². The molecule has 0 fully saturated rings. The molecule has 0 radical (unpaired) electrons. The fourth-order valence-electron chi connectivity index (χ4n) is 3.22. The van der Waals surface area contributed by atoms with E-state index in [0.717, 1.165) is 21.5 Å². The maximum atomic E-state index is 13.1. The van der Waals surface area contributed by atoms with Crippen LogP contribution in [-0.4, -0.2) is 28.2 Å². The molecule has 8 heteroatoms. The van der Waals surface area contributed by atoms with Crippen molar-refractivity contribution in [2.24, 2.45) is 0 Å². The molecule has 5 aromatic rings. The van der Waals surface area contributed by atoms with E-state index in [1.807, 2.05) is 60.0 Å². The average Bonchev–Trinajstić information content (AvgIpc) is 3.51. The second kappa shape index (κ2) is 8.00. The lowest BCUT2D eigenvalue weighted by molar-refractivity contribution is 0.102. The first-order chi connectivity index (χ1) is 15.2. The number of hydrogen-bond donors (Lipinski definition) is 1. The Morgan fingerprint density at radius 2 is 1.94 bits per heavy atom. The van der Waals surface area contributed by atoms with Gasteiger partial charge in [0, 0.05) is 10.9 Å². The minimum absolute atomic E-state index is 0.0152. The molecule has 3 aromatic heterocycles. The Bertz CT molecular complexity index is 1380. The zero-order chi connectivity index (χ0) is 21.2. The van der Waals surface area contributed by atoms with Crippen molar-refractivity contribution in [3.63, 3.8) is 0 Å².